The Morgan fingerprint density at radius 1 is 1.71 bits per heavy atom. The third-order valence-corrected chi connectivity index (χ3v) is 3.03. The minimum absolute atomic E-state index is 0.00773. The van der Waals surface area contributed by atoms with Crippen LogP contribution in [0.5, 0.6) is 0 Å². The molecule has 0 aliphatic rings. The van der Waals surface area contributed by atoms with Crippen molar-refractivity contribution in [3.05, 3.63) is 16.1 Å². The van der Waals surface area contributed by atoms with E-state index >= 15 is 0 Å². The molecule has 0 aromatic carbocycles. The van der Waals surface area contributed by atoms with E-state index in [9.17, 15) is 4.79 Å². The number of rotatable bonds is 3. The third kappa shape index (κ3) is 2.52. The number of carbonyl (C=O) groups is 1. The highest BCUT2D eigenvalue weighted by Gasteiger charge is 2.25. The van der Waals surface area contributed by atoms with Crippen LogP contribution in [0.25, 0.3) is 0 Å². The minimum atomic E-state index is -0.435. The van der Waals surface area contributed by atoms with Gasteiger partial charge < -0.3 is 11.1 Å². The van der Waals surface area contributed by atoms with Gasteiger partial charge in [-0.25, -0.2) is 4.98 Å². The molecule has 5 heteroatoms. The molecule has 78 valence electrons. The van der Waals surface area contributed by atoms with Crippen molar-refractivity contribution in [2.75, 3.05) is 6.54 Å². The van der Waals surface area contributed by atoms with Crippen molar-refractivity contribution in [3.63, 3.8) is 0 Å². The normalized spacial score (nSPS) is 11.4. The predicted molar refractivity (Wildman–Crippen MR) is 57.1 cm³/mol. The Kier molecular flexibility index (Phi) is 3.23. The summed E-state index contributed by atoms with van der Waals surface area (Å²) < 4.78 is 0. The monoisotopic (exact) mass is 213 g/mol. The maximum Gasteiger partial charge on any atom is 0.234 e. The number of nitrogens with zero attached hydrogens (tertiary/aromatic N) is 1. The van der Waals surface area contributed by atoms with Crippen LogP contribution < -0.4 is 11.1 Å². The zero-order valence-electron chi connectivity index (χ0n) is 8.63. The van der Waals surface area contributed by atoms with Gasteiger partial charge in [0.1, 0.15) is 5.01 Å². The van der Waals surface area contributed by atoms with Crippen molar-refractivity contribution in [3.8, 4) is 0 Å². The molecule has 4 nitrogen and oxygen atoms in total. The van der Waals surface area contributed by atoms with E-state index in [1.165, 1.54) is 0 Å². The molecule has 1 aromatic heterocycles. The second-order valence-corrected chi connectivity index (χ2v) is 4.89. The van der Waals surface area contributed by atoms with Crippen molar-refractivity contribution < 1.29 is 4.79 Å². The lowest BCUT2D eigenvalue weighted by atomic mass is 10.1. The number of hydrogen-bond donors (Lipinski definition) is 2. The SMILES string of the molecule is Cc1cnc(C(C)(C)NC(=O)CN)s1. The molecule has 1 aromatic rings. The Morgan fingerprint density at radius 2 is 2.36 bits per heavy atom. The molecule has 1 amide bonds. The van der Waals surface area contributed by atoms with Gasteiger partial charge in [-0.15, -0.1) is 11.3 Å². The topological polar surface area (TPSA) is 68.0 Å². The summed E-state index contributed by atoms with van der Waals surface area (Å²) in [4.78, 5) is 16.5. The average molecular weight is 213 g/mol. The van der Waals surface area contributed by atoms with Crippen LogP contribution in [0.2, 0.25) is 0 Å². The Labute approximate surface area is 87.5 Å². The Hall–Kier alpha value is -0.940. The summed E-state index contributed by atoms with van der Waals surface area (Å²) in [5.41, 5.74) is 4.80. The summed E-state index contributed by atoms with van der Waals surface area (Å²) in [6, 6.07) is 0. The zero-order chi connectivity index (χ0) is 10.8. The number of thiazole rings is 1. The third-order valence-electron chi connectivity index (χ3n) is 1.79. The van der Waals surface area contributed by atoms with Crippen LogP contribution >= 0.6 is 11.3 Å². The summed E-state index contributed by atoms with van der Waals surface area (Å²) >= 11 is 1.58. The first-order chi connectivity index (χ1) is 6.45. The van der Waals surface area contributed by atoms with Gasteiger partial charge in [0.05, 0.1) is 12.1 Å². The summed E-state index contributed by atoms with van der Waals surface area (Å²) in [6.07, 6.45) is 1.80. The molecule has 0 bridgehead atoms. The van der Waals surface area contributed by atoms with Crippen molar-refractivity contribution >= 4 is 17.2 Å². The molecule has 0 spiro atoms. The number of aromatic nitrogens is 1. The van der Waals surface area contributed by atoms with E-state index in [0.717, 1.165) is 9.88 Å². The highest BCUT2D eigenvalue weighted by molar-refractivity contribution is 7.11. The van der Waals surface area contributed by atoms with E-state index in [-0.39, 0.29) is 12.5 Å². The molecule has 0 fully saturated rings. The lowest BCUT2D eigenvalue weighted by molar-refractivity contribution is -0.121. The second-order valence-electron chi connectivity index (χ2n) is 3.65. The van der Waals surface area contributed by atoms with Gasteiger partial charge in [0.2, 0.25) is 5.91 Å². The van der Waals surface area contributed by atoms with Crippen LogP contribution in [0.3, 0.4) is 0 Å². The molecule has 1 rings (SSSR count). The van der Waals surface area contributed by atoms with E-state index in [1.807, 2.05) is 20.8 Å². The average Bonchev–Trinajstić information content (AvgIpc) is 2.51. The molecule has 14 heavy (non-hydrogen) atoms. The fourth-order valence-electron chi connectivity index (χ4n) is 1.10. The summed E-state index contributed by atoms with van der Waals surface area (Å²) in [5, 5.41) is 3.72. The van der Waals surface area contributed by atoms with Crippen LogP contribution in [0.4, 0.5) is 0 Å². The van der Waals surface area contributed by atoms with E-state index in [2.05, 4.69) is 10.3 Å². The molecule has 0 saturated heterocycles. The van der Waals surface area contributed by atoms with Gasteiger partial charge in [-0.2, -0.15) is 0 Å². The van der Waals surface area contributed by atoms with Crippen LogP contribution in [0.15, 0.2) is 6.20 Å². The molecule has 0 saturated carbocycles. The van der Waals surface area contributed by atoms with Gasteiger partial charge in [-0.05, 0) is 20.8 Å². The smallest absolute Gasteiger partial charge is 0.234 e. The first-order valence-corrected chi connectivity index (χ1v) is 5.21. The number of nitrogens with two attached hydrogens (primary N) is 1. The Balaban J connectivity index is 2.79. The van der Waals surface area contributed by atoms with Crippen LogP contribution in [0, 0.1) is 6.92 Å². The Morgan fingerprint density at radius 3 is 2.79 bits per heavy atom. The molecule has 0 radical (unpaired) electrons. The second kappa shape index (κ2) is 4.06. The van der Waals surface area contributed by atoms with Crippen molar-refractivity contribution in [2.45, 2.75) is 26.3 Å². The number of hydrogen-bond acceptors (Lipinski definition) is 4. The molecule has 0 atom stereocenters. The standard InChI is InChI=1S/C9H15N3OS/c1-6-5-11-8(14-6)9(2,3)12-7(13)4-10/h5H,4,10H2,1-3H3,(H,12,13). The molecule has 3 N–H and O–H groups in total. The molecule has 1 heterocycles. The fourth-order valence-corrected chi connectivity index (χ4v) is 1.92. The zero-order valence-corrected chi connectivity index (χ0v) is 9.44. The fraction of sp³-hybridized carbons (Fsp3) is 0.556. The molecular formula is C9H15N3OS. The van der Waals surface area contributed by atoms with Crippen molar-refractivity contribution in [2.24, 2.45) is 5.73 Å². The molecular weight excluding hydrogens is 198 g/mol. The number of aryl methyl sites for hydroxylation is 1. The number of amides is 1. The van der Waals surface area contributed by atoms with E-state index in [1.54, 1.807) is 17.5 Å². The van der Waals surface area contributed by atoms with E-state index in [4.69, 9.17) is 5.73 Å². The summed E-state index contributed by atoms with van der Waals surface area (Å²) in [6.45, 7) is 5.83. The first-order valence-electron chi connectivity index (χ1n) is 4.39. The number of nitrogens with one attached hydrogen (secondary N) is 1. The van der Waals surface area contributed by atoms with Crippen LogP contribution in [-0.4, -0.2) is 17.4 Å². The highest BCUT2D eigenvalue weighted by Crippen LogP contribution is 2.24. The summed E-state index contributed by atoms with van der Waals surface area (Å²) in [5.74, 6) is -0.164. The van der Waals surface area contributed by atoms with Gasteiger partial charge in [0.25, 0.3) is 0 Å². The first kappa shape index (κ1) is 11.1. The van der Waals surface area contributed by atoms with E-state index in [0.29, 0.717) is 0 Å². The Bertz CT molecular complexity index is 333. The van der Waals surface area contributed by atoms with Gasteiger partial charge in [0.15, 0.2) is 0 Å². The summed E-state index contributed by atoms with van der Waals surface area (Å²) in [7, 11) is 0. The molecule has 0 unspecified atom stereocenters. The van der Waals surface area contributed by atoms with Crippen molar-refractivity contribution in [1.82, 2.24) is 10.3 Å². The minimum Gasteiger partial charge on any atom is -0.344 e. The lowest BCUT2D eigenvalue weighted by Crippen LogP contribution is -2.43. The van der Waals surface area contributed by atoms with Crippen LogP contribution in [0.1, 0.15) is 23.7 Å². The maximum atomic E-state index is 11.1. The van der Waals surface area contributed by atoms with Gasteiger partial charge in [-0.1, -0.05) is 0 Å². The molecule has 0 aliphatic carbocycles. The lowest BCUT2D eigenvalue weighted by Gasteiger charge is -2.23. The molecule has 0 aliphatic heterocycles. The van der Waals surface area contributed by atoms with Gasteiger partial charge >= 0.3 is 0 Å². The van der Waals surface area contributed by atoms with E-state index < -0.39 is 5.54 Å². The van der Waals surface area contributed by atoms with Gasteiger partial charge in [-0.3, -0.25) is 4.79 Å². The predicted octanol–water partition coefficient (Wildman–Crippen LogP) is 0.762. The highest BCUT2D eigenvalue weighted by atomic mass is 32.1. The quantitative estimate of drug-likeness (QED) is 0.779. The largest absolute Gasteiger partial charge is 0.344 e. The van der Waals surface area contributed by atoms with Crippen molar-refractivity contribution in [1.29, 1.82) is 0 Å². The van der Waals surface area contributed by atoms with Crippen LogP contribution in [-0.2, 0) is 10.3 Å². The van der Waals surface area contributed by atoms with Gasteiger partial charge in [0, 0.05) is 11.1 Å². The maximum absolute atomic E-state index is 11.1. The number of carbonyl (C=O) groups excluding carboxylic acids is 1.